The summed E-state index contributed by atoms with van der Waals surface area (Å²) in [7, 11) is 0. The average molecular weight is 374 g/mol. The van der Waals surface area contributed by atoms with Crippen LogP contribution in [0.4, 0.5) is 30.5 Å². The van der Waals surface area contributed by atoms with Crippen molar-refractivity contribution in [3.63, 3.8) is 0 Å². The first kappa shape index (κ1) is 18.2. The Morgan fingerprint density at radius 2 is 1.85 bits per heavy atom. The second kappa shape index (κ2) is 7.36. The van der Waals surface area contributed by atoms with Crippen molar-refractivity contribution in [2.45, 2.75) is 13.1 Å². The van der Waals surface area contributed by atoms with E-state index in [-0.39, 0.29) is 11.6 Å². The van der Waals surface area contributed by atoms with Gasteiger partial charge in [-0.2, -0.15) is 13.2 Å². The Morgan fingerprint density at radius 3 is 2.52 bits per heavy atom. The van der Waals surface area contributed by atoms with Crippen LogP contribution in [0, 0.1) is 6.92 Å². The summed E-state index contributed by atoms with van der Waals surface area (Å²) in [6.45, 7) is 1.73. The lowest BCUT2D eigenvalue weighted by Crippen LogP contribution is -2.14. The van der Waals surface area contributed by atoms with Crippen molar-refractivity contribution < 1.29 is 18.0 Å². The quantitative estimate of drug-likeness (QED) is 0.725. The number of pyridine rings is 2. The molecule has 0 bridgehead atoms. The van der Waals surface area contributed by atoms with Crippen LogP contribution in [0.5, 0.6) is 0 Å². The van der Waals surface area contributed by atoms with Crippen LogP contribution in [0.1, 0.15) is 21.6 Å². The van der Waals surface area contributed by atoms with Gasteiger partial charge >= 0.3 is 6.18 Å². The Kier molecular flexibility index (Phi) is 4.97. The summed E-state index contributed by atoms with van der Waals surface area (Å²) in [5.41, 5.74) is 0.523. The Morgan fingerprint density at radius 1 is 1.04 bits per heavy atom. The lowest BCUT2D eigenvalue weighted by molar-refractivity contribution is -0.137. The van der Waals surface area contributed by atoms with Crippen LogP contribution in [0.15, 0.2) is 49.2 Å². The summed E-state index contributed by atoms with van der Waals surface area (Å²) < 4.78 is 37.7. The highest BCUT2D eigenvalue weighted by atomic mass is 19.4. The van der Waals surface area contributed by atoms with E-state index in [0.29, 0.717) is 16.9 Å². The number of aryl methyl sites for hydroxylation is 1. The molecule has 0 saturated heterocycles. The molecule has 0 aromatic carbocycles. The molecule has 1 amide bonds. The molecule has 0 atom stereocenters. The van der Waals surface area contributed by atoms with Gasteiger partial charge in [-0.1, -0.05) is 0 Å². The van der Waals surface area contributed by atoms with Gasteiger partial charge in [0.15, 0.2) is 0 Å². The van der Waals surface area contributed by atoms with Gasteiger partial charge in [-0.05, 0) is 31.2 Å². The minimum Gasteiger partial charge on any atom is -0.325 e. The van der Waals surface area contributed by atoms with Gasteiger partial charge in [0.2, 0.25) is 0 Å². The summed E-state index contributed by atoms with van der Waals surface area (Å²) in [5, 5.41) is 5.44. The number of carbonyl (C=O) groups is 1. The highest BCUT2D eigenvalue weighted by molar-refractivity contribution is 6.04. The molecule has 2 N–H and O–H groups in total. The van der Waals surface area contributed by atoms with Crippen LogP contribution in [0.3, 0.4) is 0 Å². The number of carbonyl (C=O) groups excluding carboxylic acids is 1. The summed E-state index contributed by atoms with van der Waals surface area (Å²) in [6.07, 6.45) is 0.511. The zero-order valence-corrected chi connectivity index (χ0v) is 13.9. The Bertz CT molecular complexity index is 959. The fourth-order valence-corrected chi connectivity index (χ4v) is 2.11. The van der Waals surface area contributed by atoms with Gasteiger partial charge in [0.25, 0.3) is 5.91 Å². The third kappa shape index (κ3) is 4.54. The molecule has 0 radical (unpaired) electrons. The Balaban J connectivity index is 1.73. The molecule has 10 heteroatoms. The summed E-state index contributed by atoms with van der Waals surface area (Å²) in [4.78, 5) is 27.9. The number of amides is 1. The number of halogens is 3. The molecule has 0 aliphatic carbocycles. The van der Waals surface area contributed by atoms with Gasteiger partial charge < -0.3 is 10.6 Å². The maximum atomic E-state index is 12.6. The van der Waals surface area contributed by atoms with Crippen LogP contribution in [-0.2, 0) is 6.18 Å². The third-order valence-corrected chi connectivity index (χ3v) is 3.53. The topological polar surface area (TPSA) is 92.7 Å². The van der Waals surface area contributed by atoms with E-state index in [1.807, 2.05) is 0 Å². The molecule has 0 aliphatic rings. The second-order valence-corrected chi connectivity index (χ2v) is 5.46. The average Bonchev–Trinajstić information content (AvgIpc) is 2.63. The van der Waals surface area contributed by atoms with Crippen molar-refractivity contribution in [2.24, 2.45) is 0 Å². The fraction of sp³-hybridized carbons (Fsp3) is 0.118. The van der Waals surface area contributed by atoms with Crippen molar-refractivity contribution in [1.29, 1.82) is 0 Å². The van der Waals surface area contributed by atoms with Crippen LogP contribution < -0.4 is 10.6 Å². The largest absolute Gasteiger partial charge is 0.417 e. The predicted octanol–water partition coefficient (Wildman–Crippen LogP) is 3.59. The molecular weight excluding hydrogens is 361 g/mol. The molecule has 27 heavy (non-hydrogen) atoms. The maximum Gasteiger partial charge on any atom is 0.417 e. The van der Waals surface area contributed by atoms with E-state index in [1.165, 1.54) is 36.9 Å². The summed E-state index contributed by atoms with van der Waals surface area (Å²) in [5.74, 6) is 0.0232. The van der Waals surface area contributed by atoms with Crippen molar-refractivity contribution >= 4 is 23.2 Å². The molecule has 3 aromatic heterocycles. The first-order valence-corrected chi connectivity index (χ1v) is 7.67. The summed E-state index contributed by atoms with van der Waals surface area (Å²) in [6, 6.07) is 5.04. The van der Waals surface area contributed by atoms with Crippen LogP contribution >= 0.6 is 0 Å². The van der Waals surface area contributed by atoms with E-state index in [1.54, 1.807) is 6.92 Å². The van der Waals surface area contributed by atoms with Gasteiger partial charge in [-0.25, -0.2) is 19.9 Å². The predicted molar refractivity (Wildman–Crippen MR) is 91.5 cm³/mol. The van der Waals surface area contributed by atoms with Gasteiger partial charge in [-0.3, -0.25) is 4.79 Å². The minimum atomic E-state index is -4.46. The van der Waals surface area contributed by atoms with E-state index in [0.717, 1.165) is 12.3 Å². The molecule has 7 nitrogen and oxygen atoms in total. The van der Waals surface area contributed by atoms with E-state index in [9.17, 15) is 18.0 Å². The Hall–Kier alpha value is -3.56. The molecule has 0 saturated carbocycles. The highest BCUT2D eigenvalue weighted by Gasteiger charge is 2.30. The fourth-order valence-electron chi connectivity index (χ4n) is 2.11. The minimum absolute atomic E-state index is 0.167. The van der Waals surface area contributed by atoms with Crippen LogP contribution in [-0.4, -0.2) is 25.8 Å². The number of nitrogens with zero attached hydrogens (tertiary/aromatic N) is 4. The number of nitrogens with one attached hydrogen (secondary N) is 2. The van der Waals surface area contributed by atoms with Gasteiger partial charge in [0.05, 0.1) is 23.1 Å². The lowest BCUT2D eigenvalue weighted by atomic mass is 10.2. The second-order valence-electron chi connectivity index (χ2n) is 5.46. The van der Waals surface area contributed by atoms with E-state index >= 15 is 0 Å². The number of hydrogen-bond acceptors (Lipinski definition) is 6. The van der Waals surface area contributed by atoms with E-state index < -0.39 is 17.6 Å². The van der Waals surface area contributed by atoms with Crippen molar-refractivity contribution in [3.05, 3.63) is 66.0 Å². The zero-order chi connectivity index (χ0) is 19.4. The molecule has 3 aromatic rings. The van der Waals surface area contributed by atoms with Crippen LogP contribution in [0.2, 0.25) is 0 Å². The Labute approximate surface area is 151 Å². The smallest absolute Gasteiger partial charge is 0.325 e. The monoisotopic (exact) mass is 374 g/mol. The van der Waals surface area contributed by atoms with Gasteiger partial charge in [0, 0.05) is 18.0 Å². The molecule has 3 rings (SSSR count). The molecule has 0 fully saturated rings. The molecule has 3 heterocycles. The van der Waals surface area contributed by atoms with Crippen LogP contribution in [0.25, 0.3) is 0 Å². The zero-order valence-electron chi connectivity index (χ0n) is 13.9. The number of anilines is 3. The third-order valence-electron chi connectivity index (χ3n) is 3.53. The standard InChI is InChI=1S/C17H13F3N6O/c1-10-13(8-21-9-24-10)25-16(27)11-4-5-22-15(6-11)26-14-3-2-12(7-23-14)17(18,19)20/h2-9H,1H3,(H,25,27)(H,22,23,26). The molecule has 138 valence electrons. The van der Waals surface area contributed by atoms with E-state index in [2.05, 4.69) is 30.6 Å². The summed E-state index contributed by atoms with van der Waals surface area (Å²) >= 11 is 0. The first-order chi connectivity index (χ1) is 12.8. The number of rotatable bonds is 4. The first-order valence-electron chi connectivity index (χ1n) is 7.67. The van der Waals surface area contributed by atoms with Crippen molar-refractivity contribution in [1.82, 2.24) is 19.9 Å². The van der Waals surface area contributed by atoms with Crippen molar-refractivity contribution in [2.75, 3.05) is 10.6 Å². The number of aromatic nitrogens is 4. The van der Waals surface area contributed by atoms with Crippen molar-refractivity contribution in [3.8, 4) is 0 Å². The maximum absolute atomic E-state index is 12.6. The lowest BCUT2D eigenvalue weighted by Gasteiger charge is -2.10. The number of alkyl halides is 3. The highest BCUT2D eigenvalue weighted by Crippen LogP contribution is 2.29. The number of hydrogen-bond donors (Lipinski definition) is 2. The van der Waals surface area contributed by atoms with Gasteiger partial charge in [0.1, 0.15) is 18.0 Å². The molecular formula is C17H13F3N6O. The van der Waals surface area contributed by atoms with Gasteiger partial charge in [-0.15, -0.1) is 0 Å². The van der Waals surface area contributed by atoms with E-state index in [4.69, 9.17) is 0 Å². The normalized spacial score (nSPS) is 11.1. The molecule has 0 unspecified atom stereocenters. The molecule has 0 spiro atoms. The SMILES string of the molecule is Cc1ncncc1NC(=O)c1ccnc(Nc2ccc(C(F)(F)F)cn2)c1. The molecule has 0 aliphatic heterocycles.